The minimum Gasteiger partial charge on any atom is -0.444 e. The van der Waals surface area contributed by atoms with Crippen molar-refractivity contribution in [1.82, 2.24) is 4.90 Å². The Morgan fingerprint density at radius 3 is 2.52 bits per heavy atom. The molecule has 118 valence electrons. The van der Waals surface area contributed by atoms with Crippen LogP contribution in [0.5, 0.6) is 0 Å². The van der Waals surface area contributed by atoms with Gasteiger partial charge in [-0.1, -0.05) is 41.9 Å². The van der Waals surface area contributed by atoms with E-state index in [2.05, 4.69) is 28.1 Å². The van der Waals surface area contributed by atoms with Crippen LogP contribution in [-0.2, 0) is 11.2 Å². The van der Waals surface area contributed by atoms with Gasteiger partial charge in [0.25, 0.3) is 0 Å². The van der Waals surface area contributed by atoms with E-state index >= 15 is 0 Å². The van der Waals surface area contributed by atoms with E-state index in [9.17, 15) is 4.79 Å². The van der Waals surface area contributed by atoms with Crippen molar-refractivity contribution < 1.29 is 9.53 Å². The third-order valence-electron chi connectivity index (χ3n) is 3.30. The lowest BCUT2D eigenvalue weighted by atomic mass is 9.94. The van der Waals surface area contributed by atoms with Crippen molar-refractivity contribution in [1.29, 1.82) is 0 Å². The van der Waals surface area contributed by atoms with Crippen LogP contribution in [0.2, 0.25) is 0 Å². The van der Waals surface area contributed by atoms with Gasteiger partial charge < -0.3 is 9.64 Å². The summed E-state index contributed by atoms with van der Waals surface area (Å²) in [6.07, 6.45) is 0.631. The molecule has 1 atom stereocenters. The zero-order chi connectivity index (χ0) is 16.2. The highest BCUT2D eigenvalue weighted by Gasteiger charge is 2.31. The topological polar surface area (TPSA) is 29.5 Å². The molecule has 1 unspecified atom stereocenters. The third-order valence-corrected chi connectivity index (χ3v) is 4.05. The first-order chi connectivity index (χ1) is 9.79. The lowest BCUT2D eigenvalue weighted by Gasteiger charge is -2.36. The maximum Gasteiger partial charge on any atom is 0.410 e. The predicted molar refractivity (Wildman–Crippen MR) is 90.5 cm³/mol. The molecule has 0 radical (unpaired) electrons. The Hall–Kier alpha value is -1.03. The van der Waals surface area contributed by atoms with Gasteiger partial charge in [-0.25, -0.2) is 4.79 Å². The van der Waals surface area contributed by atoms with Crippen molar-refractivity contribution in [3.05, 3.63) is 33.8 Å². The molecular formula is C17H26BrNO2. The van der Waals surface area contributed by atoms with Gasteiger partial charge in [0, 0.05) is 11.0 Å². The number of fused-ring (bicyclic) bond motifs is 1. The Bertz CT molecular complexity index is 494. The van der Waals surface area contributed by atoms with Crippen molar-refractivity contribution in [3.63, 3.8) is 0 Å². The van der Waals surface area contributed by atoms with Crippen molar-refractivity contribution in [2.75, 3.05) is 6.54 Å². The maximum absolute atomic E-state index is 12.2. The first kappa shape index (κ1) is 18.0. The molecule has 0 aromatic heterocycles. The van der Waals surface area contributed by atoms with E-state index in [4.69, 9.17) is 4.74 Å². The molecular weight excluding hydrogens is 330 g/mol. The van der Waals surface area contributed by atoms with E-state index in [1.807, 2.05) is 47.6 Å². The highest BCUT2D eigenvalue weighted by atomic mass is 79.9. The molecule has 3 nitrogen and oxygen atoms in total. The minimum atomic E-state index is -0.450. The Labute approximate surface area is 136 Å². The highest BCUT2D eigenvalue weighted by Crippen LogP contribution is 2.34. The first-order valence-corrected chi connectivity index (χ1v) is 8.36. The van der Waals surface area contributed by atoms with Crippen LogP contribution in [0.4, 0.5) is 4.79 Å². The summed E-state index contributed by atoms with van der Waals surface area (Å²) in [6, 6.07) is 6.20. The summed E-state index contributed by atoms with van der Waals surface area (Å²) in [6.45, 7) is 12.4. The Kier molecular flexibility index (Phi) is 6.26. The van der Waals surface area contributed by atoms with Crippen LogP contribution < -0.4 is 0 Å². The molecule has 21 heavy (non-hydrogen) atoms. The summed E-state index contributed by atoms with van der Waals surface area (Å²) in [4.78, 5) is 14.0. The lowest BCUT2D eigenvalue weighted by Crippen LogP contribution is -2.42. The van der Waals surface area contributed by atoms with Crippen molar-refractivity contribution >= 4 is 22.0 Å². The summed E-state index contributed by atoms with van der Waals surface area (Å²) in [5.74, 6) is 0. The smallest absolute Gasteiger partial charge is 0.410 e. The quantitative estimate of drug-likeness (QED) is 0.629. The molecule has 0 saturated heterocycles. The second-order valence-corrected chi connectivity index (χ2v) is 6.76. The fourth-order valence-electron chi connectivity index (χ4n) is 2.39. The molecule has 1 aliphatic heterocycles. The largest absolute Gasteiger partial charge is 0.444 e. The fourth-order valence-corrected chi connectivity index (χ4v) is 2.97. The zero-order valence-corrected chi connectivity index (χ0v) is 15.5. The lowest BCUT2D eigenvalue weighted by molar-refractivity contribution is 0.0159. The van der Waals surface area contributed by atoms with Crippen LogP contribution in [-0.4, -0.2) is 23.1 Å². The summed E-state index contributed by atoms with van der Waals surface area (Å²) in [5.41, 5.74) is 2.05. The van der Waals surface area contributed by atoms with Crippen molar-refractivity contribution in [2.24, 2.45) is 0 Å². The zero-order valence-electron chi connectivity index (χ0n) is 13.9. The van der Waals surface area contributed by atoms with Crippen LogP contribution in [0.25, 0.3) is 0 Å². The molecule has 1 aliphatic rings. The molecule has 2 rings (SSSR count). The first-order valence-electron chi connectivity index (χ1n) is 7.56. The van der Waals surface area contributed by atoms with Gasteiger partial charge >= 0.3 is 6.09 Å². The van der Waals surface area contributed by atoms with Gasteiger partial charge in [-0.3, -0.25) is 0 Å². The molecule has 0 aliphatic carbocycles. The number of benzene rings is 1. The second kappa shape index (κ2) is 7.30. The van der Waals surface area contributed by atoms with Crippen LogP contribution in [0.15, 0.2) is 22.7 Å². The maximum atomic E-state index is 12.2. The average Bonchev–Trinajstić information content (AvgIpc) is 2.40. The Balaban J connectivity index is 0.00000106. The molecule has 0 N–H and O–H groups in total. The number of rotatable bonds is 0. The van der Waals surface area contributed by atoms with Gasteiger partial charge in [-0.2, -0.15) is 0 Å². The van der Waals surface area contributed by atoms with Gasteiger partial charge in [0.2, 0.25) is 0 Å². The molecule has 0 bridgehead atoms. The number of ether oxygens (including phenoxy) is 1. The van der Waals surface area contributed by atoms with E-state index in [1.54, 1.807) is 4.90 Å². The molecule has 4 heteroatoms. The standard InChI is InChI=1S/C15H20BrNO2.C2H6/c1-10-11-6-5-7-13(16)12(11)8-9-17(10)14(18)19-15(2,3)4;1-2/h5-7,10H,8-9H2,1-4H3;1-2H3. The number of nitrogens with zero attached hydrogens (tertiary/aromatic N) is 1. The highest BCUT2D eigenvalue weighted by molar-refractivity contribution is 9.10. The predicted octanol–water partition coefficient (Wildman–Crippen LogP) is 5.33. The summed E-state index contributed by atoms with van der Waals surface area (Å²) in [7, 11) is 0. The fraction of sp³-hybridized carbons (Fsp3) is 0.588. The SMILES string of the molecule is CC.CC1c2cccc(Br)c2CCN1C(=O)OC(C)(C)C. The number of amides is 1. The van der Waals surface area contributed by atoms with E-state index in [0.29, 0.717) is 6.54 Å². The summed E-state index contributed by atoms with van der Waals surface area (Å²) < 4.78 is 6.59. The number of hydrogen-bond donors (Lipinski definition) is 0. The van der Waals surface area contributed by atoms with Crippen molar-refractivity contribution in [3.8, 4) is 0 Å². The summed E-state index contributed by atoms with van der Waals surface area (Å²) >= 11 is 3.58. The molecule has 1 aromatic carbocycles. The Morgan fingerprint density at radius 1 is 1.33 bits per heavy atom. The third kappa shape index (κ3) is 4.47. The number of carbonyl (C=O) groups excluding carboxylic acids is 1. The number of hydrogen-bond acceptors (Lipinski definition) is 2. The monoisotopic (exact) mass is 355 g/mol. The molecule has 0 saturated carbocycles. The van der Waals surface area contributed by atoms with Crippen LogP contribution in [0.3, 0.4) is 0 Å². The van der Waals surface area contributed by atoms with Crippen LogP contribution in [0, 0.1) is 0 Å². The van der Waals surface area contributed by atoms with Gasteiger partial charge in [-0.15, -0.1) is 0 Å². The van der Waals surface area contributed by atoms with Crippen LogP contribution in [0.1, 0.15) is 58.7 Å². The van der Waals surface area contributed by atoms with Gasteiger partial charge in [-0.05, 0) is 51.3 Å². The molecule has 1 amide bonds. The average molecular weight is 356 g/mol. The Morgan fingerprint density at radius 2 is 1.95 bits per heavy atom. The van der Waals surface area contributed by atoms with E-state index < -0.39 is 5.60 Å². The van der Waals surface area contributed by atoms with Crippen molar-refractivity contribution in [2.45, 2.75) is 59.6 Å². The van der Waals surface area contributed by atoms with Gasteiger partial charge in [0.05, 0.1) is 6.04 Å². The van der Waals surface area contributed by atoms with E-state index in [-0.39, 0.29) is 12.1 Å². The van der Waals surface area contributed by atoms with Gasteiger partial charge in [0.15, 0.2) is 0 Å². The molecule has 0 spiro atoms. The molecule has 1 aromatic rings. The van der Waals surface area contributed by atoms with E-state index in [0.717, 1.165) is 10.9 Å². The number of halogens is 1. The second-order valence-electron chi connectivity index (χ2n) is 5.91. The van der Waals surface area contributed by atoms with Gasteiger partial charge in [0.1, 0.15) is 5.60 Å². The molecule has 1 heterocycles. The van der Waals surface area contributed by atoms with E-state index in [1.165, 1.54) is 11.1 Å². The number of carbonyl (C=O) groups is 1. The minimum absolute atomic E-state index is 0.0519. The van der Waals surface area contributed by atoms with Crippen LogP contribution >= 0.6 is 15.9 Å². The summed E-state index contributed by atoms with van der Waals surface area (Å²) in [5, 5.41) is 0. The normalized spacial score (nSPS) is 17.5. The molecule has 0 fully saturated rings.